The van der Waals surface area contributed by atoms with Gasteiger partial charge in [-0.25, -0.2) is 0 Å². The molecule has 0 fully saturated rings. The Hall–Kier alpha value is -1.29. The fourth-order valence-corrected chi connectivity index (χ4v) is 3.09. The molecule has 4 heteroatoms. The van der Waals surface area contributed by atoms with Crippen LogP contribution in [-0.2, 0) is 0 Å². The van der Waals surface area contributed by atoms with Gasteiger partial charge in [0.15, 0.2) is 0 Å². The minimum Gasteiger partial charge on any atom is -0.393 e. The molecule has 0 aliphatic carbocycles. The van der Waals surface area contributed by atoms with E-state index in [1.165, 1.54) is 0 Å². The molecule has 1 rings (SSSR count). The van der Waals surface area contributed by atoms with E-state index in [9.17, 15) is 9.90 Å². The third kappa shape index (κ3) is 4.60. The Kier molecular flexibility index (Phi) is 5.62. The number of aliphatic hydroxyl groups is 1. The summed E-state index contributed by atoms with van der Waals surface area (Å²) in [5, 5.41) is 12.5. The molecule has 1 amide bonds. The SMILES string of the molecule is Cc1cc(C(=O)NCC(C)(C)CC(C)O)c(C)n1C(C)C. The van der Waals surface area contributed by atoms with Crippen molar-refractivity contribution in [3.05, 3.63) is 23.0 Å². The summed E-state index contributed by atoms with van der Waals surface area (Å²) in [6.45, 7) is 14.7. The number of carbonyl (C=O) groups excluding carboxylic acids is 1. The molecule has 1 heterocycles. The minimum absolute atomic E-state index is 0.0336. The summed E-state index contributed by atoms with van der Waals surface area (Å²) in [5.41, 5.74) is 2.74. The molecule has 0 spiro atoms. The largest absolute Gasteiger partial charge is 0.393 e. The first-order valence-electron chi connectivity index (χ1n) is 7.70. The van der Waals surface area contributed by atoms with Crippen molar-refractivity contribution in [1.82, 2.24) is 9.88 Å². The Labute approximate surface area is 128 Å². The lowest BCUT2D eigenvalue weighted by Crippen LogP contribution is -2.35. The van der Waals surface area contributed by atoms with E-state index in [-0.39, 0.29) is 17.4 Å². The van der Waals surface area contributed by atoms with Gasteiger partial charge in [0.25, 0.3) is 5.91 Å². The molecule has 0 aliphatic heterocycles. The Morgan fingerprint density at radius 3 is 2.33 bits per heavy atom. The molecular formula is C17H30N2O2. The molecule has 1 atom stereocenters. The summed E-state index contributed by atoms with van der Waals surface area (Å²) in [4.78, 5) is 12.4. The fourth-order valence-electron chi connectivity index (χ4n) is 3.09. The van der Waals surface area contributed by atoms with Crippen molar-refractivity contribution in [3.63, 3.8) is 0 Å². The summed E-state index contributed by atoms with van der Waals surface area (Å²) >= 11 is 0. The van der Waals surface area contributed by atoms with Crippen LogP contribution in [0, 0.1) is 19.3 Å². The van der Waals surface area contributed by atoms with E-state index in [2.05, 4.69) is 37.6 Å². The van der Waals surface area contributed by atoms with E-state index in [4.69, 9.17) is 0 Å². The topological polar surface area (TPSA) is 54.3 Å². The molecule has 1 aromatic rings. The van der Waals surface area contributed by atoms with Crippen molar-refractivity contribution < 1.29 is 9.90 Å². The highest BCUT2D eigenvalue weighted by atomic mass is 16.3. The maximum absolute atomic E-state index is 12.4. The summed E-state index contributed by atoms with van der Waals surface area (Å²) in [6.07, 6.45) is 0.307. The van der Waals surface area contributed by atoms with Crippen LogP contribution in [0.15, 0.2) is 6.07 Å². The number of amides is 1. The van der Waals surface area contributed by atoms with Crippen LogP contribution < -0.4 is 5.32 Å². The van der Waals surface area contributed by atoms with Crippen molar-refractivity contribution >= 4 is 5.91 Å². The van der Waals surface area contributed by atoms with E-state index >= 15 is 0 Å². The van der Waals surface area contributed by atoms with Gasteiger partial charge in [-0.05, 0) is 52.5 Å². The number of aryl methyl sites for hydroxylation is 1. The molecule has 4 nitrogen and oxygen atoms in total. The van der Waals surface area contributed by atoms with Crippen LogP contribution in [0.3, 0.4) is 0 Å². The molecule has 0 saturated carbocycles. The van der Waals surface area contributed by atoms with Crippen molar-refractivity contribution in [2.75, 3.05) is 6.54 Å². The standard InChI is InChI=1S/C17H30N2O2/c1-11(2)19-12(3)8-15(14(19)5)16(21)18-10-17(6,7)9-13(4)20/h8,11,13,20H,9-10H2,1-7H3,(H,18,21). The van der Waals surface area contributed by atoms with Gasteiger partial charge >= 0.3 is 0 Å². The van der Waals surface area contributed by atoms with E-state index in [1.807, 2.05) is 19.9 Å². The second-order valence-electron chi connectivity index (χ2n) is 7.15. The molecule has 1 aromatic heterocycles. The first-order chi connectivity index (χ1) is 9.55. The average molecular weight is 294 g/mol. The van der Waals surface area contributed by atoms with Gasteiger partial charge in [-0.15, -0.1) is 0 Å². The van der Waals surface area contributed by atoms with E-state index in [0.29, 0.717) is 19.0 Å². The highest BCUT2D eigenvalue weighted by Crippen LogP contribution is 2.23. The Morgan fingerprint density at radius 1 is 1.33 bits per heavy atom. The summed E-state index contributed by atoms with van der Waals surface area (Å²) in [6, 6.07) is 2.30. The first kappa shape index (κ1) is 17.8. The summed E-state index contributed by atoms with van der Waals surface area (Å²) in [5.74, 6) is -0.0336. The molecule has 2 N–H and O–H groups in total. The van der Waals surface area contributed by atoms with Gasteiger partial charge in [0.05, 0.1) is 11.7 Å². The van der Waals surface area contributed by atoms with Crippen molar-refractivity contribution in [2.45, 2.75) is 67.0 Å². The second kappa shape index (κ2) is 6.65. The number of hydrogen-bond donors (Lipinski definition) is 2. The van der Waals surface area contributed by atoms with E-state index < -0.39 is 0 Å². The smallest absolute Gasteiger partial charge is 0.253 e. The molecular weight excluding hydrogens is 264 g/mol. The lowest BCUT2D eigenvalue weighted by Gasteiger charge is -2.26. The third-order valence-electron chi connectivity index (χ3n) is 3.82. The zero-order valence-electron chi connectivity index (χ0n) is 14.4. The summed E-state index contributed by atoms with van der Waals surface area (Å²) in [7, 11) is 0. The van der Waals surface area contributed by atoms with Crippen LogP contribution in [0.1, 0.15) is 68.8 Å². The number of carbonyl (C=O) groups is 1. The molecule has 1 unspecified atom stereocenters. The van der Waals surface area contributed by atoms with Crippen molar-refractivity contribution in [2.24, 2.45) is 5.41 Å². The maximum Gasteiger partial charge on any atom is 0.253 e. The number of rotatable bonds is 6. The predicted molar refractivity (Wildman–Crippen MR) is 86.7 cm³/mol. The number of nitrogens with one attached hydrogen (secondary N) is 1. The van der Waals surface area contributed by atoms with Crippen molar-refractivity contribution in [1.29, 1.82) is 0 Å². The van der Waals surface area contributed by atoms with Gasteiger partial charge in [0.2, 0.25) is 0 Å². The summed E-state index contributed by atoms with van der Waals surface area (Å²) < 4.78 is 2.18. The minimum atomic E-state index is -0.358. The van der Waals surface area contributed by atoms with Crippen molar-refractivity contribution in [3.8, 4) is 0 Å². The monoisotopic (exact) mass is 294 g/mol. The Balaban J connectivity index is 2.80. The fraction of sp³-hybridized carbons (Fsp3) is 0.706. The second-order valence-corrected chi connectivity index (χ2v) is 7.15. The molecule has 120 valence electrons. The lowest BCUT2D eigenvalue weighted by atomic mass is 9.87. The van der Waals surface area contributed by atoms with Gasteiger partial charge in [0.1, 0.15) is 0 Å². The highest BCUT2D eigenvalue weighted by molar-refractivity contribution is 5.95. The van der Waals surface area contributed by atoms with Crippen LogP contribution in [0.5, 0.6) is 0 Å². The number of nitrogens with zero attached hydrogens (tertiary/aromatic N) is 1. The van der Waals surface area contributed by atoms with Crippen LogP contribution in [0.2, 0.25) is 0 Å². The van der Waals surface area contributed by atoms with E-state index in [0.717, 1.165) is 17.0 Å². The molecule has 21 heavy (non-hydrogen) atoms. The van der Waals surface area contributed by atoms with Gasteiger partial charge in [-0.1, -0.05) is 13.8 Å². The Bertz CT molecular complexity index is 499. The molecule has 0 saturated heterocycles. The first-order valence-corrected chi connectivity index (χ1v) is 7.70. The number of aliphatic hydroxyl groups excluding tert-OH is 1. The van der Waals surface area contributed by atoms with Gasteiger partial charge in [-0.3, -0.25) is 4.79 Å². The Morgan fingerprint density at radius 2 is 1.90 bits per heavy atom. The van der Waals surface area contributed by atoms with Crippen LogP contribution >= 0.6 is 0 Å². The normalized spacial score (nSPS) is 13.6. The number of hydrogen-bond acceptors (Lipinski definition) is 2. The zero-order chi connectivity index (χ0) is 16.4. The van der Waals surface area contributed by atoms with Crippen LogP contribution in [0.25, 0.3) is 0 Å². The maximum atomic E-state index is 12.4. The lowest BCUT2D eigenvalue weighted by molar-refractivity contribution is 0.0901. The predicted octanol–water partition coefficient (Wildman–Crippen LogP) is 3.21. The average Bonchev–Trinajstić information content (AvgIpc) is 2.60. The van der Waals surface area contributed by atoms with Gasteiger partial charge in [-0.2, -0.15) is 0 Å². The van der Waals surface area contributed by atoms with Gasteiger partial charge in [0, 0.05) is 24.0 Å². The van der Waals surface area contributed by atoms with Crippen LogP contribution in [0.4, 0.5) is 0 Å². The van der Waals surface area contributed by atoms with Gasteiger partial charge < -0.3 is 15.0 Å². The molecule has 0 aromatic carbocycles. The molecule has 0 radical (unpaired) electrons. The van der Waals surface area contributed by atoms with Crippen LogP contribution in [-0.4, -0.2) is 28.2 Å². The quantitative estimate of drug-likeness (QED) is 0.846. The highest BCUT2D eigenvalue weighted by Gasteiger charge is 2.23. The zero-order valence-corrected chi connectivity index (χ0v) is 14.4. The molecule has 0 aliphatic rings. The molecule has 0 bridgehead atoms. The number of aromatic nitrogens is 1. The third-order valence-corrected chi connectivity index (χ3v) is 3.82. The van der Waals surface area contributed by atoms with E-state index in [1.54, 1.807) is 6.92 Å².